The minimum Gasteiger partial charge on any atom is -0.444 e. The van der Waals surface area contributed by atoms with Crippen molar-refractivity contribution in [2.45, 2.75) is 26.4 Å². The first-order chi connectivity index (χ1) is 6.22. The number of nitrogens with one attached hydrogen (secondary N) is 2. The summed E-state index contributed by atoms with van der Waals surface area (Å²) in [5.74, 6) is 0. The summed E-state index contributed by atoms with van der Waals surface area (Å²) < 4.78 is 4.96. The Morgan fingerprint density at radius 2 is 2.07 bits per heavy atom. The molecule has 4 nitrogen and oxygen atoms in total. The maximum Gasteiger partial charge on any atom is 0.407 e. The lowest BCUT2D eigenvalue weighted by molar-refractivity contribution is 0.0533. The van der Waals surface area contributed by atoms with Crippen LogP contribution in [-0.2, 0) is 4.74 Å². The van der Waals surface area contributed by atoms with Crippen molar-refractivity contribution in [1.29, 1.82) is 5.41 Å². The monoisotopic (exact) mass is 218 g/mol. The molecular formula is C9H15ClN2O2. The maximum atomic E-state index is 11.1. The summed E-state index contributed by atoms with van der Waals surface area (Å²) >= 11 is 5.34. The Morgan fingerprint density at radius 1 is 1.57 bits per heavy atom. The lowest BCUT2D eigenvalue weighted by Crippen LogP contribution is -2.33. The van der Waals surface area contributed by atoms with Crippen molar-refractivity contribution in [3.05, 3.63) is 12.2 Å². The van der Waals surface area contributed by atoms with Gasteiger partial charge in [-0.1, -0.05) is 18.2 Å². The number of carbonyl (C=O) groups excluding carboxylic acids is 1. The molecule has 0 aromatic carbocycles. The molecule has 0 unspecified atom stereocenters. The van der Waals surface area contributed by atoms with Crippen molar-refractivity contribution >= 4 is 22.9 Å². The number of alkyl carbamates (subject to hydrolysis) is 1. The molecule has 80 valence electrons. The van der Waals surface area contributed by atoms with Crippen molar-refractivity contribution in [3.63, 3.8) is 0 Å². The van der Waals surface area contributed by atoms with E-state index in [0.29, 0.717) is 5.57 Å². The standard InChI is InChI=1S/C9H15ClN2O2/c1-6(7(10)11)5-12-8(13)14-9(2,3)4/h11H,1,5H2,2-4H3,(H,12,13). The Kier molecular flexibility index (Phi) is 4.63. The predicted molar refractivity (Wildman–Crippen MR) is 57.0 cm³/mol. The van der Waals surface area contributed by atoms with Gasteiger partial charge in [-0.25, -0.2) is 4.79 Å². The summed E-state index contributed by atoms with van der Waals surface area (Å²) in [7, 11) is 0. The normalized spacial score (nSPS) is 10.6. The number of carbonyl (C=O) groups is 1. The van der Waals surface area contributed by atoms with Crippen LogP contribution in [0.1, 0.15) is 20.8 Å². The van der Waals surface area contributed by atoms with Crippen LogP contribution in [0.15, 0.2) is 12.2 Å². The van der Waals surface area contributed by atoms with E-state index in [0.717, 1.165) is 0 Å². The van der Waals surface area contributed by atoms with Gasteiger partial charge in [-0.15, -0.1) is 0 Å². The lowest BCUT2D eigenvalue weighted by atomic mass is 10.2. The van der Waals surface area contributed by atoms with Crippen molar-refractivity contribution in [1.82, 2.24) is 5.32 Å². The SMILES string of the molecule is C=C(CNC(=O)OC(C)(C)C)C(=N)Cl. The summed E-state index contributed by atoms with van der Waals surface area (Å²) in [4.78, 5) is 11.1. The number of halogens is 1. The van der Waals surface area contributed by atoms with E-state index in [1.54, 1.807) is 20.8 Å². The van der Waals surface area contributed by atoms with Crippen molar-refractivity contribution in [3.8, 4) is 0 Å². The molecule has 0 aliphatic rings. The number of amides is 1. The van der Waals surface area contributed by atoms with Crippen LogP contribution >= 0.6 is 11.6 Å². The summed E-state index contributed by atoms with van der Waals surface area (Å²) in [5, 5.41) is 9.27. The molecule has 0 heterocycles. The first kappa shape index (κ1) is 13.0. The highest BCUT2D eigenvalue weighted by atomic mass is 35.5. The molecule has 0 fully saturated rings. The van der Waals surface area contributed by atoms with Crippen LogP contribution in [0.2, 0.25) is 0 Å². The van der Waals surface area contributed by atoms with E-state index in [9.17, 15) is 4.79 Å². The minimum atomic E-state index is -0.545. The third kappa shape index (κ3) is 6.48. The largest absolute Gasteiger partial charge is 0.444 e. The Balaban J connectivity index is 3.87. The van der Waals surface area contributed by atoms with E-state index in [4.69, 9.17) is 21.7 Å². The maximum absolute atomic E-state index is 11.1. The average Bonchev–Trinajstić information content (AvgIpc) is 1.96. The van der Waals surface area contributed by atoms with Crippen LogP contribution in [-0.4, -0.2) is 23.4 Å². The number of rotatable bonds is 3. The molecule has 0 aliphatic carbocycles. The van der Waals surface area contributed by atoms with E-state index in [-0.39, 0.29) is 11.7 Å². The van der Waals surface area contributed by atoms with Gasteiger partial charge >= 0.3 is 6.09 Å². The van der Waals surface area contributed by atoms with E-state index in [2.05, 4.69) is 11.9 Å². The molecule has 0 spiro atoms. The van der Waals surface area contributed by atoms with Gasteiger partial charge in [-0.3, -0.25) is 5.41 Å². The zero-order valence-electron chi connectivity index (χ0n) is 8.61. The second-order valence-electron chi connectivity index (χ2n) is 3.77. The highest BCUT2D eigenvalue weighted by Gasteiger charge is 2.15. The minimum absolute atomic E-state index is 0.122. The Morgan fingerprint density at radius 3 is 2.43 bits per heavy atom. The fraction of sp³-hybridized carbons (Fsp3) is 0.556. The molecule has 0 bridgehead atoms. The molecule has 0 atom stereocenters. The van der Waals surface area contributed by atoms with E-state index < -0.39 is 11.7 Å². The first-order valence-electron chi connectivity index (χ1n) is 4.11. The van der Waals surface area contributed by atoms with Gasteiger partial charge in [0.1, 0.15) is 10.8 Å². The van der Waals surface area contributed by atoms with E-state index >= 15 is 0 Å². The number of hydrogen-bond acceptors (Lipinski definition) is 3. The van der Waals surface area contributed by atoms with Crippen LogP contribution in [0, 0.1) is 5.41 Å². The van der Waals surface area contributed by atoms with Gasteiger partial charge in [0.15, 0.2) is 0 Å². The molecule has 0 aliphatic heterocycles. The molecule has 14 heavy (non-hydrogen) atoms. The van der Waals surface area contributed by atoms with Crippen LogP contribution in [0.3, 0.4) is 0 Å². The third-order valence-electron chi connectivity index (χ3n) is 1.16. The van der Waals surface area contributed by atoms with Crippen molar-refractivity contribution in [2.75, 3.05) is 6.54 Å². The van der Waals surface area contributed by atoms with Gasteiger partial charge in [-0.2, -0.15) is 0 Å². The molecule has 1 amide bonds. The van der Waals surface area contributed by atoms with Gasteiger partial charge in [0.05, 0.1) is 0 Å². The second kappa shape index (κ2) is 5.00. The van der Waals surface area contributed by atoms with Gasteiger partial charge in [0.2, 0.25) is 0 Å². The fourth-order valence-electron chi connectivity index (χ4n) is 0.571. The van der Waals surface area contributed by atoms with Gasteiger partial charge in [-0.05, 0) is 20.8 Å². The highest BCUT2D eigenvalue weighted by Crippen LogP contribution is 2.06. The molecule has 0 saturated heterocycles. The molecule has 0 aromatic heterocycles. The average molecular weight is 219 g/mol. The Labute approximate surface area is 88.8 Å². The summed E-state index contributed by atoms with van der Waals surface area (Å²) in [6.07, 6.45) is -0.545. The highest BCUT2D eigenvalue weighted by molar-refractivity contribution is 6.68. The number of ether oxygens (including phenoxy) is 1. The molecule has 2 N–H and O–H groups in total. The number of hydrogen-bond donors (Lipinski definition) is 2. The smallest absolute Gasteiger partial charge is 0.407 e. The van der Waals surface area contributed by atoms with Crippen LogP contribution in [0.4, 0.5) is 4.79 Å². The third-order valence-corrected chi connectivity index (χ3v) is 1.42. The molecule has 0 saturated carbocycles. The van der Waals surface area contributed by atoms with Crippen LogP contribution < -0.4 is 5.32 Å². The summed E-state index contributed by atoms with van der Waals surface area (Å²) in [6.45, 7) is 8.92. The zero-order chi connectivity index (χ0) is 11.4. The van der Waals surface area contributed by atoms with Gasteiger partial charge < -0.3 is 10.1 Å². The first-order valence-corrected chi connectivity index (χ1v) is 4.49. The molecular weight excluding hydrogens is 204 g/mol. The zero-order valence-corrected chi connectivity index (χ0v) is 9.36. The lowest BCUT2D eigenvalue weighted by Gasteiger charge is -2.19. The topological polar surface area (TPSA) is 62.2 Å². The van der Waals surface area contributed by atoms with E-state index in [1.165, 1.54) is 0 Å². The predicted octanol–water partition coefficient (Wildman–Crippen LogP) is 2.28. The second-order valence-corrected chi connectivity index (χ2v) is 4.15. The van der Waals surface area contributed by atoms with Crippen LogP contribution in [0.5, 0.6) is 0 Å². The summed E-state index contributed by atoms with van der Waals surface area (Å²) in [5.41, 5.74) is -0.183. The molecule has 0 aromatic rings. The fourth-order valence-corrected chi connectivity index (χ4v) is 0.637. The molecule has 5 heteroatoms. The van der Waals surface area contributed by atoms with Gasteiger partial charge in [0.25, 0.3) is 0 Å². The van der Waals surface area contributed by atoms with Crippen LogP contribution in [0.25, 0.3) is 0 Å². The quantitative estimate of drug-likeness (QED) is 0.714. The molecule has 0 radical (unpaired) electrons. The van der Waals surface area contributed by atoms with E-state index in [1.807, 2.05) is 0 Å². The Bertz CT molecular complexity index is 256. The van der Waals surface area contributed by atoms with Gasteiger partial charge in [0, 0.05) is 12.1 Å². The van der Waals surface area contributed by atoms with Crippen molar-refractivity contribution < 1.29 is 9.53 Å². The van der Waals surface area contributed by atoms with Crippen molar-refractivity contribution in [2.24, 2.45) is 0 Å². The Hall–Kier alpha value is -1.03. The molecule has 0 rings (SSSR count). The summed E-state index contributed by atoms with van der Waals surface area (Å²) in [6, 6.07) is 0.